The summed E-state index contributed by atoms with van der Waals surface area (Å²) in [5, 5.41) is 5.57. The molecule has 1 atom stereocenters. The van der Waals surface area contributed by atoms with E-state index in [2.05, 4.69) is 28.6 Å². The van der Waals surface area contributed by atoms with Crippen molar-refractivity contribution in [3.8, 4) is 0 Å². The second-order valence-corrected chi connectivity index (χ2v) is 6.53. The number of halogens is 1. The number of rotatable bonds is 3. The lowest BCUT2D eigenvalue weighted by Gasteiger charge is -2.30. The summed E-state index contributed by atoms with van der Waals surface area (Å²) < 4.78 is 14.4. The van der Waals surface area contributed by atoms with Crippen LogP contribution in [-0.4, -0.2) is 31.1 Å². The number of aryl methyl sites for hydroxylation is 1. The molecule has 1 fully saturated rings. The molecule has 1 aromatic heterocycles. The molecule has 0 aliphatic carbocycles. The lowest BCUT2D eigenvalue weighted by Crippen LogP contribution is -2.33. The Hall–Kier alpha value is -1.23. The zero-order valence-electron chi connectivity index (χ0n) is 12.3. The third-order valence-corrected chi connectivity index (χ3v) is 5.06. The Balaban J connectivity index is 2.00. The van der Waals surface area contributed by atoms with Crippen LogP contribution in [0, 0.1) is 12.7 Å². The van der Waals surface area contributed by atoms with Crippen LogP contribution in [0.5, 0.6) is 0 Å². The molecule has 0 bridgehead atoms. The topological polar surface area (TPSA) is 15.3 Å². The third kappa shape index (κ3) is 3.34. The molecule has 2 aromatic rings. The highest BCUT2D eigenvalue weighted by molar-refractivity contribution is 7.10. The highest BCUT2D eigenvalue weighted by Gasteiger charge is 2.26. The van der Waals surface area contributed by atoms with Gasteiger partial charge < -0.3 is 5.32 Å². The van der Waals surface area contributed by atoms with E-state index in [1.54, 1.807) is 23.5 Å². The molecule has 1 aromatic carbocycles. The van der Waals surface area contributed by atoms with Crippen LogP contribution in [0.4, 0.5) is 4.39 Å². The van der Waals surface area contributed by atoms with Crippen molar-refractivity contribution in [1.82, 2.24) is 10.2 Å². The van der Waals surface area contributed by atoms with Crippen molar-refractivity contribution in [2.45, 2.75) is 19.4 Å². The van der Waals surface area contributed by atoms with E-state index in [1.165, 1.54) is 10.4 Å². The predicted octanol–water partition coefficient (Wildman–Crippen LogP) is 3.58. The summed E-state index contributed by atoms with van der Waals surface area (Å²) in [6, 6.07) is 9.41. The molecule has 0 saturated carbocycles. The van der Waals surface area contributed by atoms with E-state index in [0.717, 1.165) is 38.2 Å². The second-order valence-electron chi connectivity index (χ2n) is 5.59. The first-order chi connectivity index (χ1) is 10.3. The van der Waals surface area contributed by atoms with Gasteiger partial charge in [-0.15, -0.1) is 11.3 Å². The van der Waals surface area contributed by atoms with Gasteiger partial charge in [-0.1, -0.05) is 18.2 Å². The highest BCUT2D eigenvalue weighted by Crippen LogP contribution is 2.34. The van der Waals surface area contributed by atoms with Crippen molar-refractivity contribution in [3.05, 3.63) is 57.5 Å². The molecular weight excluding hydrogens is 283 g/mol. The van der Waals surface area contributed by atoms with Crippen molar-refractivity contribution in [1.29, 1.82) is 0 Å². The average Bonchev–Trinajstić information content (AvgIpc) is 2.74. The van der Waals surface area contributed by atoms with Crippen molar-refractivity contribution >= 4 is 11.3 Å². The Bertz CT molecular complexity index is 588. The average molecular weight is 304 g/mol. The summed E-state index contributed by atoms with van der Waals surface area (Å²) in [6.45, 7) is 6.07. The normalized spacial score (nSPS) is 18.4. The summed E-state index contributed by atoms with van der Waals surface area (Å²) in [5.74, 6) is -0.106. The van der Waals surface area contributed by atoms with E-state index < -0.39 is 0 Å². The minimum atomic E-state index is -0.106. The van der Waals surface area contributed by atoms with Gasteiger partial charge in [0.1, 0.15) is 5.82 Å². The van der Waals surface area contributed by atoms with E-state index >= 15 is 0 Å². The molecule has 112 valence electrons. The molecule has 2 nitrogen and oxygen atoms in total. The summed E-state index contributed by atoms with van der Waals surface area (Å²) >= 11 is 1.73. The molecule has 2 heterocycles. The number of hydrogen-bond acceptors (Lipinski definition) is 3. The van der Waals surface area contributed by atoms with Crippen LogP contribution in [0.3, 0.4) is 0 Å². The van der Waals surface area contributed by atoms with Gasteiger partial charge in [0.05, 0.1) is 6.04 Å². The van der Waals surface area contributed by atoms with E-state index in [0.29, 0.717) is 0 Å². The Morgan fingerprint density at radius 1 is 1.24 bits per heavy atom. The monoisotopic (exact) mass is 304 g/mol. The Morgan fingerprint density at radius 3 is 2.86 bits per heavy atom. The van der Waals surface area contributed by atoms with E-state index in [9.17, 15) is 4.39 Å². The predicted molar refractivity (Wildman–Crippen MR) is 86.4 cm³/mol. The van der Waals surface area contributed by atoms with E-state index in [-0.39, 0.29) is 11.9 Å². The van der Waals surface area contributed by atoms with Crippen LogP contribution >= 0.6 is 11.3 Å². The number of hydrogen-bond donors (Lipinski definition) is 1. The van der Waals surface area contributed by atoms with Gasteiger partial charge in [-0.2, -0.15) is 0 Å². The zero-order valence-corrected chi connectivity index (χ0v) is 13.1. The molecule has 0 radical (unpaired) electrons. The fourth-order valence-corrected chi connectivity index (χ4v) is 4.00. The lowest BCUT2D eigenvalue weighted by molar-refractivity contribution is 0.239. The van der Waals surface area contributed by atoms with E-state index in [1.807, 2.05) is 12.1 Å². The van der Waals surface area contributed by atoms with Gasteiger partial charge in [0.25, 0.3) is 0 Å². The van der Waals surface area contributed by atoms with E-state index in [4.69, 9.17) is 0 Å². The molecule has 4 heteroatoms. The minimum Gasteiger partial charge on any atom is -0.315 e. The van der Waals surface area contributed by atoms with Crippen molar-refractivity contribution in [3.63, 3.8) is 0 Å². The maximum Gasteiger partial charge on any atom is 0.128 e. The van der Waals surface area contributed by atoms with Crippen LogP contribution in [0.15, 0.2) is 35.7 Å². The number of nitrogens with one attached hydrogen (secondary N) is 1. The third-order valence-electron chi connectivity index (χ3n) is 3.96. The standard InChI is InChI=1S/C17H21FN2S/c1-13-11-16(21-12-13)17(14-5-2-3-6-15(14)18)20-9-4-7-19-8-10-20/h2-3,5-6,11-12,17,19H,4,7-10H2,1H3. The zero-order chi connectivity index (χ0) is 14.7. The Morgan fingerprint density at radius 2 is 2.10 bits per heavy atom. The first-order valence-electron chi connectivity index (χ1n) is 7.50. The summed E-state index contributed by atoms with van der Waals surface area (Å²) in [6.07, 6.45) is 1.11. The van der Waals surface area contributed by atoms with Crippen molar-refractivity contribution in [2.24, 2.45) is 0 Å². The number of thiophene rings is 1. The fraction of sp³-hybridized carbons (Fsp3) is 0.412. The number of nitrogens with zero attached hydrogens (tertiary/aromatic N) is 1. The van der Waals surface area contributed by atoms with Crippen LogP contribution in [-0.2, 0) is 0 Å². The quantitative estimate of drug-likeness (QED) is 0.932. The van der Waals surface area contributed by atoms with Crippen molar-refractivity contribution in [2.75, 3.05) is 26.2 Å². The molecule has 0 spiro atoms. The van der Waals surface area contributed by atoms with Crippen LogP contribution < -0.4 is 5.32 Å². The van der Waals surface area contributed by atoms with Gasteiger partial charge in [-0.3, -0.25) is 4.90 Å². The smallest absolute Gasteiger partial charge is 0.128 e. The Kier molecular flexibility index (Phi) is 4.68. The minimum absolute atomic E-state index is 0.0322. The molecule has 1 aliphatic heterocycles. The van der Waals surface area contributed by atoms with Gasteiger partial charge in [0.15, 0.2) is 0 Å². The van der Waals surface area contributed by atoms with Crippen LogP contribution in [0.1, 0.15) is 28.5 Å². The summed E-state index contributed by atoms with van der Waals surface area (Å²) in [5.41, 5.74) is 2.05. The molecule has 0 amide bonds. The maximum atomic E-state index is 14.4. The molecule has 3 rings (SSSR count). The first kappa shape index (κ1) is 14.7. The number of benzene rings is 1. The van der Waals surface area contributed by atoms with Gasteiger partial charge in [0, 0.05) is 30.1 Å². The second kappa shape index (κ2) is 6.69. The molecule has 1 saturated heterocycles. The van der Waals surface area contributed by atoms with Crippen LogP contribution in [0.25, 0.3) is 0 Å². The van der Waals surface area contributed by atoms with Gasteiger partial charge in [-0.25, -0.2) is 4.39 Å². The molecule has 21 heavy (non-hydrogen) atoms. The molecule has 1 N–H and O–H groups in total. The van der Waals surface area contributed by atoms with Gasteiger partial charge >= 0.3 is 0 Å². The van der Waals surface area contributed by atoms with Crippen molar-refractivity contribution < 1.29 is 4.39 Å². The largest absolute Gasteiger partial charge is 0.315 e. The fourth-order valence-electron chi connectivity index (χ4n) is 2.95. The van der Waals surface area contributed by atoms with Gasteiger partial charge in [0.2, 0.25) is 0 Å². The van der Waals surface area contributed by atoms with Gasteiger partial charge in [-0.05, 0) is 43.0 Å². The molecule has 1 aliphatic rings. The SMILES string of the molecule is Cc1csc(C(c2ccccc2F)N2CCCNCC2)c1. The highest BCUT2D eigenvalue weighted by atomic mass is 32.1. The molecular formula is C17H21FN2S. The summed E-state index contributed by atoms with van der Waals surface area (Å²) in [7, 11) is 0. The lowest BCUT2D eigenvalue weighted by atomic mass is 10.0. The van der Waals surface area contributed by atoms with Crippen LogP contribution in [0.2, 0.25) is 0 Å². The Labute approximate surface area is 129 Å². The molecule has 1 unspecified atom stereocenters. The maximum absolute atomic E-state index is 14.4. The summed E-state index contributed by atoms with van der Waals surface area (Å²) in [4.78, 5) is 3.64. The first-order valence-corrected chi connectivity index (χ1v) is 8.38.